The van der Waals surface area contributed by atoms with Crippen molar-refractivity contribution in [1.82, 2.24) is 74.5 Å². The lowest BCUT2D eigenvalue weighted by atomic mass is 9.90. The van der Waals surface area contributed by atoms with Gasteiger partial charge in [0.25, 0.3) is 0 Å². The van der Waals surface area contributed by atoms with Crippen LogP contribution in [0.25, 0.3) is 45.0 Å². The van der Waals surface area contributed by atoms with Gasteiger partial charge in [-0.05, 0) is 223 Å². The molecular formula is C95H95ClF9N25S4. The first-order valence-corrected chi connectivity index (χ1v) is 45.3. The summed E-state index contributed by atoms with van der Waals surface area (Å²) in [4.78, 5) is 66.5. The van der Waals surface area contributed by atoms with Crippen molar-refractivity contribution in [3.05, 3.63) is 223 Å². The molecule has 0 saturated carbocycles. The van der Waals surface area contributed by atoms with Crippen LogP contribution in [0.15, 0.2) is 128 Å². The van der Waals surface area contributed by atoms with E-state index < -0.39 is 35.2 Å². The summed E-state index contributed by atoms with van der Waals surface area (Å²) in [6, 6.07) is 27.6. The maximum absolute atomic E-state index is 13.3. The molecule has 0 saturated heterocycles. The molecule has 4 aromatic carbocycles. The number of aryl methyl sites for hydroxylation is 7. The Morgan fingerprint density at radius 2 is 0.739 bits per heavy atom. The number of aromatic nitrogens is 12. The van der Waals surface area contributed by atoms with Crippen molar-refractivity contribution in [2.45, 2.75) is 135 Å². The molecule has 5 aliphatic heterocycles. The molecule has 2 aliphatic carbocycles. The summed E-state index contributed by atoms with van der Waals surface area (Å²) < 4.78 is 119. The van der Waals surface area contributed by atoms with Gasteiger partial charge in [-0.2, -0.15) is 39.5 Å². The molecule has 7 aliphatic rings. The fraction of sp³-hybridized carbons (Fsp3) is 0.326. The minimum atomic E-state index is -4.45. The monoisotopic (exact) mass is 1920 g/mol. The summed E-state index contributed by atoms with van der Waals surface area (Å²) in [6.45, 7) is 10.5. The van der Waals surface area contributed by atoms with E-state index in [0.717, 1.165) is 221 Å². The lowest BCUT2D eigenvalue weighted by Gasteiger charge is -2.30. The summed E-state index contributed by atoms with van der Waals surface area (Å²) in [5.41, 5.74) is 20.3. The maximum atomic E-state index is 13.3. The van der Waals surface area contributed by atoms with Gasteiger partial charge in [0.1, 0.15) is 11.6 Å². The zero-order valence-electron chi connectivity index (χ0n) is 75.0. The molecule has 0 amide bonds. The number of fused-ring (bicyclic) bond motifs is 15. The van der Waals surface area contributed by atoms with E-state index in [2.05, 4.69) is 159 Å². The highest BCUT2D eigenvalue weighted by Gasteiger charge is 2.37. The van der Waals surface area contributed by atoms with Crippen molar-refractivity contribution in [2.75, 3.05) is 122 Å². The Balaban J connectivity index is 0.000000130. The lowest BCUT2D eigenvalue weighted by molar-refractivity contribution is -0.138. The predicted molar refractivity (Wildman–Crippen MR) is 526 cm³/mol. The van der Waals surface area contributed by atoms with Gasteiger partial charge >= 0.3 is 18.5 Å². The fourth-order valence-electron chi connectivity index (χ4n) is 16.8. The molecule has 694 valence electrons. The SMILES string of the molecule is Cc1nc(N(C)CCN(C)C)ccc1Nc1ncc2c(n1)-c1ccc(Cl)cc1NC(=S)C2.Cc1nc2c(cc1Nc1ncc3c(n1)-c1ccc(C(F)(F)F)cc1NC(=S)C3)CCCN2.Cc1nc2c(cc1Nc1ncc3c(n1)-c1ccc(C(F)(F)F)cc1NC(=S)C3)C[C@@H](N(C)C)CC2.Cc1nc2c(cc1Nc1ncc3c(n1)-c1ccc(C(F)(F)F)cc1NC(=S)C3)C[C@H](N(C)C)CC2. The van der Waals surface area contributed by atoms with Crippen molar-refractivity contribution in [3.8, 4) is 45.0 Å². The van der Waals surface area contributed by atoms with Crippen LogP contribution in [0.4, 0.5) is 120 Å². The van der Waals surface area contributed by atoms with Crippen molar-refractivity contribution in [3.63, 3.8) is 0 Å². The van der Waals surface area contributed by atoms with Crippen LogP contribution in [0.5, 0.6) is 0 Å². The summed E-state index contributed by atoms with van der Waals surface area (Å²) in [6.07, 6.45) is 2.96. The Hall–Kier alpha value is -12.3. The third kappa shape index (κ3) is 22.0. The first-order valence-electron chi connectivity index (χ1n) is 43.3. The van der Waals surface area contributed by atoms with Crippen LogP contribution in [0.1, 0.15) is 109 Å². The molecule has 39 heteroatoms. The molecular weight excluding hydrogens is 1830 g/mol. The van der Waals surface area contributed by atoms with Gasteiger partial charge in [-0.1, -0.05) is 78.7 Å². The largest absolute Gasteiger partial charge is 0.416 e. The average molecular weight is 1920 g/mol. The molecule has 19 rings (SSSR count). The van der Waals surface area contributed by atoms with Crippen LogP contribution in [0.2, 0.25) is 5.02 Å². The molecule has 12 aromatic rings. The van der Waals surface area contributed by atoms with E-state index in [9.17, 15) is 39.5 Å². The van der Waals surface area contributed by atoms with E-state index >= 15 is 0 Å². The smallest absolute Gasteiger partial charge is 0.370 e. The Morgan fingerprint density at radius 3 is 1.10 bits per heavy atom. The topological polar surface area (TPSA) is 276 Å². The Morgan fingerprint density at radius 1 is 0.388 bits per heavy atom. The predicted octanol–water partition coefficient (Wildman–Crippen LogP) is 20.4. The second-order valence-electron chi connectivity index (χ2n) is 34.5. The lowest BCUT2D eigenvalue weighted by Crippen LogP contribution is -2.34. The van der Waals surface area contributed by atoms with Crippen LogP contribution in [0.3, 0.4) is 0 Å². The fourth-order valence-corrected chi connectivity index (χ4v) is 18.0. The average Bonchev–Trinajstić information content (AvgIpc) is 1.44. The second-order valence-corrected chi connectivity index (χ2v) is 36.9. The zero-order valence-corrected chi connectivity index (χ0v) is 79.0. The first kappa shape index (κ1) is 94.9. The van der Waals surface area contributed by atoms with E-state index in [0.29, 0.717) is 120 Å². The molecule has 8 aromatic heterocycles. The first-order chi connectivity index (χ1) is 63.7. The number of nitrogens with one attached hydrogen (secondary N) is 9. The minimum absolute atomic E-state index is 0.283. The maximum Gasteiger partial charge on any atom is 0.416 e. The third-order valence-corrected chi connectivity index (χ3v) is 25.3. The molecule has 9 N–H and O–H groups in total. The molecule has 134 heavy (non-hydrogen) atoms. The van der Waals surface area contributed by atoms with Gasteiger partial charge in [0, 0.05) is 173 Å². The van der Waals surface area contributed by atoms with Gasteiger partial charge < -0.3 is 67.5 Å². The van der Waals surface area contributed by atoms with Crippen LogP contribution in [0, 0.1) is 27.7 Å². The van der Waals surface area contributed by atoms with Gasteiger partial charge in [0.15, 0.2) is 0 Å². The number of benzene rings is 4. The summed E-state index contributed by atoms with van der Waals surface area (Å²) in [7, 11) is 14.6. The molecule has 0 spiro atoms. The number of thiocarbonyl (C=S) groups is 4. The number of rotatable bonds is 14. The van der Waals surface area contributed by atoms with Crippen molar-refractivity contribution in [1.29, 1.82) is 0 Å². The summed E-state index contributed by atoms with van der Waals surface area (Å²) >= 11 is 27.7. The number of hydrogen-bond donors (Lipinski definition) is 9. The molecule has 0 unspecified atom stereocenters. The number of halogens is 10. The van der Waals surface area contributed by atoms with E-state index in [-0.39, 0.29) is 17.1 Å². The highest BCUT2D eigenvalue weighted by Crippen LogP contribution is 2.45. The van der Waals surface area contributed by atoms with Crippen LogP contribution in [-0.4, -0.2) is 176 Å². The Kier molecular flexibility index (Phi) is 27.8. The van der Waals surface area contributed by atoms with Gasteiger partial charge in [-0.15, -0.1) is 0 Å². The van der Waals surface area contributed by atoms with Crippen LogP contribution in [-0.2, 0) is 76.3 Å². The standard InChI is InChI=1S/2C25H25F3N6S.C23H26ClN7S.C22H19F3N6S/c2*1-13-20(9-14-8-17(34(2)3)5-7-19(14)30-13)32-24-29-12-15-10-22(35)31-21-11-16(25(26,27)28)4-6-18(21)23(15)33-24;1-14-18(7-8-20(26-14)31(4)10-9-30(2)3)28-23-25-13-15-11-21(32)27-19-12-16(24)5-6-17(19)22(15)29-23;1-11-16(7-12-3-2-6-26-20(12)28-11)30-21-27-10-13-8-18(32)29-17-9-14(22(23,24)25)4-5-15(17)19(13)31-21/h2*4,6,9,11-12,17H,5,7-8,10H2,1-3H3,(H,31,35)(H,29,32,33);5-8,12-13H,9-11H2,1-4H3,(H,27,32)(H,25,28,29);4-5,7,9-10H,2-3,6,8H2,1H3,(H,26,28)(H,29,32)(H,27,30,31)/t2*17-;;/m10../s1. The molecule has 0 radical (unpaired) electrons. The minimum Gasteiger partial charge on any atom is -0.370 e. The number of pyridine rings is 4. The van der Waals surface area contributed by atoms with E-state index in [1.807, 2.05) is 70.3 Å². The summed E-state index contributed by atoms with van der Waals surface area (Å²) in [5, 5.41) is 29.1. The van der Waals surface area contributed by atoms with Crippen LogP contribution < -0.4 is 52.8 Å². The van der Waals surface area contributed by atoms with Crippen molar-refractivity contribution in [2.24, 2.45) is 0 Å². The molecule has 25 nitrogen and oxygen atoms in total. The molecule has 0 bridgehead atoms. The highest BCUT2D eigenvalue weighted by molar-refractivity contribution is 7.81. The normalized spacial score (nSPS) is 15.6. The number of anilines is 14. The van der Waals surface area contributed by atoms with E-state index in [4.69, 9.17) is 90.4 Å². The van der Waals surface area contributed by atoms with Gasteiger partial charge in [-0.3, -0.25) is 9.97 Å². The number of alkyl halides is 9. The van der Waals surface area contributed by atoms with E-state index in [1.165, 1.54) is 29.3 Å². The van der Waals surface area contributed by atoms with Gasteiger partial charge in [0.2, 0.25) is 23.8 Å². The Labute approximate surface area is 795 Å². The molecule has 0 fully saturated rings. The number of nitrogens with zero attached hydrogens (tertiary/aromatic N) is 16. The van der Waals surface area contributed by atoms with Crippen LogP contribution >= 0.6 is 60.5 Å². The number of hydrogen-bond acceptors (Lipinski definition) is 25. The molecule has 2 atom stereocenters. The summed E-state index contributed by atoms with van der Waals surface area (Å²) in [5.74, 6) is 3.39. The van der Waals surface area contributed by atoms with Gasteiger partial charge in [0.05, 0.1) is 105 Å². The highest BCUT2D eigenvalue weighted by atomic mass is 35.5. The van der Waals surface area contributed by atoms with Gasteiger partial charge in [-0.25, -0.2) is 49.8 Å². The Bertz CT molecular complexity index is 6410. The van der Waals surface area contributed by atoms with E-state index in [1.54, 1.807) is 18.6 Å². The quantitative estimate of drug-likeness (QED) is 0.0361. The molecule has 13 heterocycles. The zero-order chi connectivity index (χ0) is 95.1. The van der Waals surface area contributed by atoms with Crippen molar-refractivity contribution < 1.29 is 39.5 Å². The third-order valence-electron chi connectivity index (χ3n) is 24.1. The number of likely N-dealkylation sites (N-methyl/N-ethyl adjacent to an activating group) is 4. The second kappa shape index (κ2) is 39.3. The van der Waals surface area contributed by atoms with Crippen molar-refractivity contribution >= 4 is 161 Å².